The third-order valence-electron chi connectivity index (χ3n) is 13.6. The number of allylic oxidation sites excluding steroid dienone is 2. The topological polar surface area (TPSA) is 89.8 Å². The van der Waals surface area contributed by atoms with Crippen LogP contribution in [0.15, 0.2) is 12.2 Å². The van der Waals surface area contributed by atoms with Crippen LogP contribution in [-0.2, 0) is 4.79 Å². The molecule has 0 heterocycles. The second-order valence-corrected chi connectivity index (χ2v) is 19.9. The number of hydrogen-bond donors (Lipinski definition) is 4. The highest BCUT2D eigenvalue weighted by atomic mass is 16.3. The summed E-state index contributed by atoms with van der Waals surface area (Å²) in [4.78, 5) is 12.6. The Hall–Kier alpha value is -0.910. The second-order valence-electron chi connectivity index (χ2n) is 19.9. The first-order valence-electron chi connectivity index (χ1n) is 28.5. The van der Waals surface area contributed by atoms with Crippen LogP contribution in [0.1, 0.15) is 322 Å². The van der Waals surface area contributed by atoms with Crippen molar-refractivity contribution in [3.05, 3.63) is 12.2 Å². The van der Waals surface area contributed by atoms with Crippen LogP contribution in [0.4, 0.5) is 0 Å². The van der Waals surface area contributed by atoms with Crippen molar-refractivity contribution in [3.8, 4) is 0 Å². The van der Waals surface area contributed by atoms with E-state index in [-0.39, 0.29) is 6.61 Å². The van der Waals surface area contributed by atoms with Crippen molar-refractivity contribution in [2.24, 2.45) is 0 Å². The molecule has 0 aromatic carbocycles. The van der Waals surface area contributed by atoms with Crippen molar-refractivity contribution in [1.29, 1.82) is 0 Å². The smallest absolute Gasteiger partial charge is 0.249 e. The molecule has 370 valence electrons. The molecule has 0 bridgehead atoms. The van der Waals surface area contributed by atoms with Gasteiger partial charge in [0.05, 0.1) is 18.8 Å². The molecule has 0 spiro atoms. The maximum absolute atomic E-state index is 12.6. The molecule has 0 aromatic heterocycles. The van der Waals surface area contributed by atoms with Crippen molar-refractivity contribution < 1.29 is 20.1 Å². The lowest BCUT2D eigenvalue weighted by atomic mass is 10.0. The van der Waals surface area contributed by atoms with Crippen LogP contribution in [0.25, 0.3) is 0 Å². The van der Waals surface area contributed by atoms with Gasteiger partial charge in [-0.2, -0.15) is 0 Å². The van der Waals surface area contributed by atoms with E-state index in [1.165, 1.54) is 263 Å². The molecule has 4 N–H and O–H groups in total. The lowest BCUT2D eigenvalue weighted by molar-refractivity contribution is -0.131. The highest BCUT2D eigenvalue weighted by Gasteiger charge is 2.23. The quantitative estimate of drug-likeness (QED) is 0.0362. The van der Waals surface area contributed by atoms with E-state index in [0.29, 0.717) is 12.8 Å². The highest BCUT2D eigenvalue weighted by molar-refractivity contribution is 5.80. The molecular formula is C57H113NO4. The van der Waals surface area contributed by atoms with Crippen molar-refractivity contribution in [2.45, 2.75) is 340 Å². The number of carbonyl (C=O) groups excluding carboxylic acids is 1. The van der Waals surface area contributed by atoms with Crippen LogP contribution in [0.5, 0.6) is 0 Å². The number of aliphatic hydroxyl groups excluding tert-OH is 3. The van der Waals surface area contributed by atoms with Gasteiger partial charge in [0.2, 0.25) is 5.91 Å². The van der Waals surface area contributed by atoms with Crippen molar-refractivity contribution in [2.75, 3.05) is 6.61 Å². The summed E-state index contributed by atoms with van der Waals surface area (Å²) in [5.74, 6) is -0.465. The summed E-state index contributed by atoms with van der Waals surface area (Å²) in [6, 6.07) is -0.710. The van der Waals surface area contributed by atoms with E-state index in [9.17, 15) is 20.1 Å². The van der Waals surface area contributed by atoms with Gasteiger partial charge in [0.15, 0.2) is 0 Å². The van der Waals surface area contributed by atoms with Gasteiger partial charge in [-0.05, 0) is 38.5 Å². The van der Waals surface area contributed by atoms with Gasteiger partial charge in [-0.25, -0.2) is 0 Å². The fourth-order valence-corrected chi connectivity index (χ4v) is 9.19. The van der Waals surface area contributed by atoms with E-state index in [4.69, 9.17) is 0 Å². The Morgan fingerprint density at radius 3 is 0.887 bits per heavy atom. The van der Waals surface area contributed by atoms with E-state index in [2.05, 4.69) is 31.3 Å². The Kier molecular flexibility index (Phi) is 51.9. The molecule has 0 rings (SSSR count). The molecule has 3 unspecified atom stereocenters. The zero-order valence-corrected chi connectivity index (χ0v) is 42.3. The minimum atomic E-state index is -1.07. The first-order chi connectivity index (χ1) is 30.6. The summed E-state index contributed by atoms with van der Waals surface area (Å²) < 4.78 is 0. The average Bonchev–Trinajstić information content (AvgIpc) is 3.28. The summed E-state index contributed by atoms with van der Waals surface area (Å²) in [6.07, 6.45) is 65.4. The molecule has 0 aliphatic carbocycles. The maximum Gasteiger partial charge on any atom is 0.249 e. The average molecular weight is 877 g/mol. The molecule has 1 amide bonds. The summed E-state index contributed by atoms with van der Waals surface area (Å²) in [6.45, 7) is 4.27. The minimum Gasteiger partial charge on any atom is -0.394 e. The lowest BCUT2D eigenvalue weighted by Crippen LogP contribution is -2.49. The molecule has 3 atom stereocenters. The number of rotatable bonds is 53. The van der Waals surface area contributed by atoms with E-state index >= 15 is 0 Å². The largest absolute Gasteiger partial charge is 0.394 e. The standard InChI is InChI=1S/C57H113NO4/c1-3-5-7-9-11-13-15-17-19-21-23-25-26-27-28-29-30-31-32-34-36-38-40-42-44-46-48-50-52-56(61)57(62)58-54(53-59)55(60)51-49-47-45-43-41-39-37-35-33-24-22-20-18-16-14-12-10-8-6-4-2/h27-28,54-56,59-61H,3-26,29-53H2,1-2H3,(H,58,62)/b28-27-. The molecule has 0 aliphatic rings. The van der Waals surface area contributed by atoms with Gasteiger partial charge >= 0.3 is 0 Å². The molecule has 0 aliphatic heterocycles. The Bertz CT molecular complexity index is 879. The zero-order valence-electron chi connectivity index (χ0n) is 42.3. The number of aliphatic hydroxyl groups is 3. The van der Waals surface area contributed by atoms with E-state index in [1.807, 2.05) is 0 Å². The van der Waals surface area contributed by atoms with Gasteiger partial charge in [-0.3, -0.25) is 4.79 Å². The maximum atomic E-state index is 12.6. The fraction of sp³-hybridized carbons (Fsp3) is 0.947. The fourth-order valence-electron chi connectivity index (χ4n) is 9.19. The predicted molar refractivity (Wildman–Crippen MR) is 273 cm³/mol. The Morgan fingerprint density at radius 2 is 0.613 bits per heavy atom. The van der Waals surface area contributed by atoms with Crippen LogP contribution in [0.2, 0.25) is 0 Å². The molecule has 62 heavy (non-hydrogen) atoms. The number of carbonyl (C=O) groups is 1. The second kappa shape index (κ2) is 52.7. The number of hydrogen-bond acceptors (Lipinski definition) is 4. The SMILES string of the molecule is CCCCCCCCCCCCCC/C=C\CCCCCCCCCCCCCCC(O)C(=O)NC(CO)C(O)CCCCCCCCCCCCCCCCCCCCCC. The van der Waals surface area contributed by atoms with Crippen LogP contribution in [0.3, 0.4) is 0 Å². The van der Waals surface area contributed by atoms with Gasteiger partial charge in [-0.15, -0.1) is 0 Å². The van der Waals surface area contributed by atoms with Crippen molar-refractivity contribution >= 4 is 5.91 Å². The number of unbranched alkanes of at least 4 members (excludes halogenated alkanes) is 43. The Morgan fingerprint density at radius 1 is 0.371 bits per heavy atom. The molecule has 0 saturated heterocycles. The molecular weight excluding hydrogens is 763 g/mol. The first kappa shape index (κ1) is 61.1. The molecule has 5 nitrogen and oxygen atoms in total. The van der Waals surface area contributed by atoms with E-state index in [0.717, 1.165) is 32.1 Å². The summed E-state index contributed by atoms with van der Waals surface area (Å²) >= 11 is 0. The zero-order chi connectivity index (χ0) is 45.1. The third-order valence-corrected chi connectivity index (χ3v) is 13.6. The van der Waals surface area contributed by atoms with Crippen LogP contribution in [0, 0.1) is 0 Å². The minimum absolute atomic E-state index is 0.310. The summed E-state index contributed by atoms with van der Waals surface area (Å²) in [5.41, 5.74) is 0. The van der Waals surface area contributed by atoms with Crippen LogP contribution >= 0.6 is 0 Å². The van der Waals surface area contributed by atoms with Gasteiger partial charge in [-0.1, -0.05) is 296 Å². The first-order valence-corrected chi connectivity index (χ1v) is 28.5. The van der Waals surface area contributed by atoms with Gasteiger partial charge in [0, 0.05) is 0 Å². The number of amides is 1. The predicted octanol–water partition coefficient (Wildman–Crippen LogP) is 17.5. The summed E-state index contributed by atoms with van der Waals surface area (Å²) in [7, 11) is 0. The summed E-state index contributed by atoms with van der Waals surface area (Å²) in [5, 5.41) is 33.6. The molecule has 0 radical (unpaired) electrons. The van der Waals surface area contributed by atoms with E-state index in [1.54, 1.807) is 0 Å². The Labute approximate surface area is 389 Å². The normalized spacial score (nSPS) is 13.3. The Balaban J connectivity index is 3.51. The molecule has 0 saturated carbocycles. The van der Waals surface area contributed by atoms with Gasteiger partial charge < -0.3 is 20.6 Å². The van der Waals surface area contributed by atoms with Crippen LogP contribution < -0.4 is 5.32 Å². The van der Waals surface area contributed by atoms with E-state index < -0.39 is 24.2 Å². The third kappa shape index (κ3) is 47.1. The van der Waals surface area contributed by atoms with Gasteiger partial charge in [0.25, 0.3) is 0 Å². The molecule has 0 aromatic rings. The lowest BCUT2D eigenvalue weighted by Gasteiger charge is -2.23. The molecule has 5 heteroatoms. The highest BCUT2D eigenvalue weighted by Crippen LogP contribution is 2.18. The molecule has 0 fully saturated rings. The van der Waals surface area contributed by atoms with Crippen molar-refractivity contribution in [3.63, 3.8) is 0 Å². The number of nitrogens with one attached hydrogen (secondary N) is 1. The van der Waals surface area contributed by atoms with Gasteiger partial charge in [0.1, 0.15) is 6.10 Å². The monoisotopic (exact) mass is 876 g/mol. The van der Waals surface area contributed by atoms with Crippen molar-refractivity contribution in [1.82, 2.24) is 5.32 Å². The van der Waals surface area contributed by atoms with Crippen LogP contribution in [-0.4, -0.2) is 46.1 Å².